The van der Waals surface area contributed by atoms with Crippen LogP contribution in [0.25, 0.3) is 10.9 Å². The average molecular weight is 313 g/mol. The van der Waals surface area contributed by atoms with Gasteiger partial charge in [0.2, 0.25) is 5.91 Å². The predicted molar refractivity (Wildman–Crippen MR) is 79.2 cm³/mol. The topological polar surface area (TPSA) is 65.1 Å². The number of benzene rings is 1. The zero-order chi connectivity index (χ0) is 14.5. The van der Waals surface area contributed by atoms with Gasteiger partial charge in [0.25, 0.3) is 0 Å². The Morgan fingerprint density at radius 1 is 1.45 bits per heavy atom. The molecule has 1 aliphatic carbocycles. The van der Waals surface area contributed by atoms with Crippen LogP contribution in [-0.4, -0.2) is 16.0 Å². The van der Waals surface area contributed by atoms with Crippen molar-refractivity contribution in [3.8, 4) is 5.75 Å². The highest BCUT2D eigenvalue weighted by atomic mass is 35.5. The van der Waals surface area contributed by atoms with Crippen molar-refractivity contribution >= 4 is 40.0 Å². The Kier molecular flexibility index (Phi) is 3.10. The lowest BCUT2D eigenvalue weighted by atomic mass is 10.1. The lowest BCUT2D eigenvalue weighted by Crippen LogP contribution is -2.29. The summed E-state index contributed by atoms with van der Waals surface area (Å²) in [5.74, 6) is -0.0631. The number of phenolic OH excluding ortho intramolecular Hbond substituents is 1. The lowest BCUT2D eigenvalue weighted by molar-refractivity contribution is -0.125. The largest absolute Gasteiger partial charge is 0.505 e. The molecule has 1 saturated carbocycles. The van der Waals surface area contributed by atoms with E-state index in [1.54, 1.807) is 6.07 Å². The summed E-state index contributed by atoms with van der Waals surface area (Å²) in [5.41, 5.74) is 1.25. The minimum atomic E-state index is -0.189. The first-order valence-corrected chi connectivity index (χ1v) is 7.13. The summed E-state index contributed by atoms with van der Waals surface area (Å²) in [5, 5.41) is 13.8. The van der Waals surface area contributed by atoms with Crippen LogP contribution in [-0.2, 0) is 11.3 Å². The quantitative estimate of drug-likeness (QED) is 0.810. The molecule has 1 aliphatic rings. The maximum absolute atomic E-state index is 11.9. The van der Waals surface area contributed by atoms with Crippen molar-refractivity contribution in [2.24, 2.45) is 5.41 Å². The van der Waals surface area contributed by atoms with E-state index in [1.165, 1.54) is 0 Å². The predicted octanol–water partition coefficient (Wildman–Crippen LogP) is 3.60. The fraction of sp³-hybridized carbons (Fsp3) is 0.357. The highest BCUT2D eigenvalue weighted by molar-refractivity contribution is 6.40. The molecule has 0 atom stereocenters. The summed E-state index contributed by atoms with van der Waals surface area (Å²) < 4.78 is 0. The van der Waals surface area contributed by atoms with E-state index < -0.39 is 0 Å². The van der Waals surface area contributed by atoms with Gasteiger partial charge in [-0.25, -0.2) is 0 Å². The molecular weight excluding hydrogens is 299 g/mol. The zero-order valence-corrected chi connectivity index (χ0v) is 12.4. The monoisotopic (exact) mass is 312 g/mol. The van der Waals surface area contributed by atoms with Gasteiger partial charge in [-0.15, -0.1) is 0 Å². The minimum Gasteiger partial charge on any atom is -0.505 e. The van der Waals surface area contributed by atoms with Crippen molar-refractivity contribution in [2.75, 3.05) is 0 Å². The fourth-order valence-electron chi connectivity index (χ4n) is 2.15. The number of rotatable bonds is 3. The SMILES string of the molecule is CC1(C(=O)NCc2cc3cc(Cl)c(O)c(Cl)c3[nH]2)CC1. The highest BCUT2D eigenvalue weighted by Crippen LogP contribution is 2.45. The number of carbonyl (C=O) groups is 1. The molecule has 0 saturated heterocycles. The van der Waals surface area contributed by atoms with Crippen LogP contribution in [0.3, 0.4) is 0 Å². The summed E-state index contributed by atoms with van der Waals surface area (Å²) in [6, 6.07) is 3.50. The van der Waals surface area contributed by atoms with Gasteiger partial charge in [-0.1, -0.05) is 30.1 Å². The summed E-state index contributed by atoms with van der Waals surface area (Å²) in [7, 11) is 0. The number of hydrogen-bond donors (Lipinski definition) is 3. The number of halogens is 2. The Labute approximate surface area is 126 Å². The smallest absolute Gasteiger partial charge is 0.226 e. The van der Waals surface area contributed by atoms with E-state index in [9.17, 15) is 9.90 Å². The maximum atomic E-state index is 11.9. The summed E-state index contributed by atoms with van der Waals surface area (Å²) in [6.07, 6.45) is 1.89. The molecule has 106 valence electrons. The number of phenols is 1. The Bertz CT molecular complexity index is 705. The number of H-pyrrole nitrogens is 1. The molecular formula is C14H14Cl2N2O2. The molecule has 1 aromatic heterocycles. The molecule has 1 heterocycles. The Balaban J connectivity index is 1.83. The van der Waals surface area contributed by atoms with Crippen LogP contribution >= 0.6 is 23.2 Å². The van der Waals surface area contributed by atoms with Crippen molar-refractivity contribution < 1.29 is 9.90 Å². The van der Waals surface area contributed by atoms with E-state index >= 15 is 0 Å². The van der Waals surface area contributed by atoms with Crippen LogP contribution in [0.15, 0.2) is 12.1 Å². The first kappa shape index (κ1) is 13.6. The number of carbonyl (C=O) groups excluding carboxylic acids is 1. The van der Waals surface area contributed by atoms with E-state index in [4.69, 9.17) is 23.2 Å². The molecule has 0 spiro atoms. The fourth-order valence-corrected chi connectivity index (χ4v) is 2.67. The Morgan fingerprint density at radius 3 is 2.80 bits per heavy atom. The van der Waals surface area contributed by atoms with Gasteiger partial charge in [0, 0.05) is 16.5 Å². The second-order valence-corrected chi connectivity index (χ2v) is 6.31. The van der Waals surface area contributed by atoms with E-state index in [0.29, 0.717) is 12.1 Å². The van der Waals surface area contributed by atoms with E-state index in [2.05, 4.69) is 10.3 Å². The first-order valence-electron chi connectivity index (χ1n) is 6.37. The van der Waals surface area contributed by atoms with Crippen molar-refractivity contribution in [3.05, 3.63) is 27.9 Å². The number of hydrogen-bond acceptors (Lipinski definition) is 2. The number of nitrogens with one attached hydrogen (secondary N) is 2. The van der Waals surface area contributed by atoms with Gasteiger partial charge in [0.1, 0.15) is 5.02 Å². The molecule has 2 aromatic rings. The standard InChI is InChI=1S/C14H14Cl2N2O2/c1-14(2-3-14)13(20)17-6-8-4-7-5-9(15)12(19)10(16)11(7)18-8/h4-5,18-19H,2-3,6H2,1H3,(H,17,20). The van der Waals surface area contributed by atoms with Gasteiger partial charge in [0.15, 0.2) is 5.75 Å². The number of amides is 1. The van der Waals surface area contributed by atoms with Crippen LogP contribution in [0.5, 0.6) is 5.75 Å². The summed E-state index contributed by atoms with van der Waals surface area (Å²) in [6.45, 7) is 2.36. The zero-order valence-electron chi connectivity index (χ0n) is 10.9. The van der Waals surface area contributed by atoms with Crippen molar-refractivity contribution in [1.29, 1.82) is 0 Å². The molecule has 1 aromatic carbocycles. The maximum Gasteiger partial charge on any atom is 0.226 e. The third kappa shape index (κ3) is 2.23. The molecule has 0 radical (unpaired) electrons. The van der Waals surface area contributed by atoms with Gasteiger partial charge >= 0.3 is 0 Å². The third-order valence-electron chi connectivity index (χ3n) is 3.83. The molecule has 0 aliphatic heterocycles. The minimum absolute atomic E-state index is 0.0723. The van der Waals surface area contributed by atoms with Crippen molar-refractivity contribution in [2.45, 2.75) is 26.3 Å². The van der Waals surface area contributed by atoms with Crippen molar-refractivity contribution in [3.63, 3.8) is 0 Å². The summed E-state index contributed by atoms with van der Waals surface area (Å²) in [4.78, 5) is 15.0. The van der Waals surface area contributed by atoms with E-state index in [-0.39, 0.29) is 27.1 Å². The molecule has 1 amide bonds. The number of aromatic amines is 1. The van der Waals surface area contributed by atoms with Gasteiger partial charge in [0.05, 0.1) is 17.1 Å². The molecule has 0 bridgehead atoms. The number of fused-ring (bicyclic) bond motifs is 1. The number of aromatic nitrogens is 1. The molecule has 1 fully saturated rings. The van der Waals surface area contributed by atoms with Gasteiger partial charge in [-0.2, -0.15) is 0 Å². The van der Waals surface area contributed by atoms with Crippen LogP contribution in [0.4, 0.5) is 0 Å². The molecule has 4 nitrogen and oxygen atoms in total. The molecule has 3 rings (SSSR count). The molecule has 6 heteroatoms. The third-order valence-corrected chi connectivity index (χ3v) is 4.48. The van der Waals surface area contributed by atoms with E-state index in [1.807, 2.05) is 13.0 Å². The van der Waals surface area contributed by atoms with Crippen LogP contribution in [0.1, 0.15) is 25.5 Å². The molecule has 3 N–H and O–H groups in total. The lowest BCUT2D eigenvalue weighted by Gasteiger charge is -2.08. The Hall–Kier alpha value is -1.39. The summed E-state index contributed by atoms with van der Waals surface area (Å²) >= 11 is 11.9. The second kappa shape index (κ2) is 4.57. The van der Waals surface area contributed by atoms with E-state index in [0.717, 1.165) is 23.9 Å². The molecule has 20 heavy (non-hydrogen) atoms. The Morgan fingerprint density at radius 2 is 2.15 bits per heavy atom. The highest BCUT2D eigenvalue weighted by Gasteiger charge is 2.44. The van der Waals surface area contributed by atoms with Gasteiger partial charge in [-0.05, 0) is 25.0 Å². The number of aromatic hydroxyl groups is 1. The average Bonchev–Trinajstić information content (AvgIpc) is 3.03. The van der Waals surface area contributed by atoms with Gasteiger partial charge in [-0.3, -0.25) is 4.79 Å². The second-order valence-electron chi connectivity index (χ2n) is 5.52. The van der Waals surface area contributed by atoms with Crippen LogP contribution < -0.4 is 5.32 Å². The van der Waals surface area contributed by atoms with Crippen LogP contribution in [0.2, 0.25) is 10.0 Å². The molecule has 0 unspecified atom stereocenters. The first-order chi connectivity index (χ1) is 9.40. The van der Waals surface area contributed by atoms with Crippen molar-refractivity contribution in [1.82, 2.24) is 10.3 Å². The normalized spacial score (nSPS) is 16.4. The van der Waals surface area contributed by atoms with Crippen LogP contribution in [0, 0.1) is 5.41 Å². The van der Waals surface area contributed by atoms with Gasteiger partial charge < -0.3 is 15.4 Å².